The zero-order valence-electron chi connectivity index (χ0n) is 8.44. The molecule has 0 aliphatic carbocycles. The number of hydrogen-bond donors (Lipinski definition) is 0. The highest BCUT2D eigenvalue weighted by Crippen LogP contribution is 2.26. The van der Waals surface area contributed by atoms with Gasteiger partial charge in [0.15, 0.2) is 0 Å². The Balaban J connectivity index is 2.99. The molecular weight excluding hydrogens is 242 g/mol. The summed E-state index contributed by atoms with van der Waals surface area (Å²) >= 11 is 0. The summed E-state index contributed by atoms with van der Waals surface area (Å²) in [6.45, 7) is 0.258. The van der Waals surface area contributed by atoms with E-state index in [1.54, 1.807) is 0 Å². The van der Waals surface area contributed by atoms with Gasteiger partial charge >= 0.3 is 10.2 Å². The predicted molar refractivity (Wildman–Crippen MR) is 52.1 cm³/mol. The van der Waals surface area contributed by atoms with Crippen LogP contribution >= 0.6 is 0 Å². The quantitative estimate of drug-likeness (QED) is 0.588. The molecule has 0 aliphatic rings. The van der Waals surface area contributed by atoms with E-state index in [-0.39, 0.29) is 19.0 Å². The smallest absolute Gasteiger partial charge is 0.335 e. The van der Waals surface area contributed by atoms with Crippen molar-refractivity contribution < 1.29 is 26.2 Å². The monoisotopic (exact) mass is 252 g/mol. The first-order valence-corrected chi connectivity index (χ1v) is 5.69. The van der Waals surface area contributed by atoms with Crippen LogP contribution in [0.5, 0.6) is 5.75 Å². The van der Waals surface area contributed by atoms with E-state index in [4.69, 9.17) is 4.74 Å². The maximum Gasteiger partial charge on any atom is 0.335 e. The van der Waals surface area contributed by atoms with Crippen LogP contribution in [0.4, 0.5) is 8.28 Å². The molecule has 0 bridgehead atoms. The first-order valence-electron chi connectivity index (χ1n) is 4.31. The van der Waals surface area contributed by atoms with Crippen molar-refractivity contribution in [2.75, 3.05) is 20.3 Å². The third kappa shape index (κ3) is 3.42. The lowest BCUT2D eigenvalue weighted by atomic mass is 10.3. The molecule has 0 amide bonds. The van der Waals surface area contributed by atoms with Crippen molar-refractivity contribution in [1.82, 2.24) is 0 Å². The summed E-state index contributed by atoms with van der Waals surface area (Å²) in [5.74, 6) is -1.09. The largest absolute Gasteiger partial charge is 0.490 e. The molecule has 1 aromatic rings. The second kappa shape index (κ2) is 5.22. The van der Waals surface area contributed by atoms with E-state index < -0.39 is 20.9 Å². The molecule has 1 rings (SSSR count). The average Bonchev–Trinajstić information content (AvgIpc) is 2.19. The highest BCUT2D eigenvalue weighted by atomic mass is 32.3. The molecule has 16 heavy (non-hydrogen) atoms. The van der Waals surface area contributed by atoms with E-state index in [2.05, 4.69) is 4.74 Å². The zero-order valence-corrected chi connectivity index (χ0v) is 9.26. The lowest BCUT2D eigenvalue weighted by Crippen LogP contribution is -2.07. The van der Waals surface area contributed by atoms with Gasteiger partial charge in [-0.3, -0.25) is 0 Å². The second-order valence-corrected chi connectivity index (χ2v) is 4.19. The Morgan fingerprint density at radius 1 is 1.31 bits per heavy atom. The van der Waals surface area contributed by atoms with Crippen LogP contribution in [0, 0.1) is 5.82 Å². The summed E-state index contributed by atoms with van der Waals surface area (Å²) in [4.78, 5) is -0.816. The Kier molecular flexibility index (Phi) is 4.19. The molecule has 0 atom stereocenters. The van der Waals surface area contributed by atoms with E-state index in [0.717, 1.165) is 12.1 Å². The van der Waals surface area contributed by atoms with Crippen LogP contribution in [0.15, 0.2) is 23.1 Å². The summed E-state index contributed by atoms with van der Waals surface area (Å²) in [6.07, 6.45) is 0. The standard InChI is InChI=1S/C9H10F2O4S/c1-14-4-5-15-8-3-2-7(10)6-9(8)16(11,12)13/h2-3,6H,4-5H2,1H3. The molecule has 0 radical (unpaired) electrons. The molecule has 0 heterocycles. The normalized spacial score (nSPS) is 11.4. The lowest BCUT2D eigenvalue weighted by Gasteiger charge is -2.08. The molecule has 90 valence electrons. The van der Waals surface area contributed by atoms with Gasteiger partial charge in [0.05, 0.1) is 6.61 Å². The third-order valence-electron chi connectivity index (χ3n) is 1.71. The highest BCUT2D eigenvalue weighted by Gasteiger charge is 2.19. The SMILES string of the molecule is COCCOc1ccc(F)cc1S(=O)(=O)F. The average molecular weight is 252 g/mol. The Morgan fingerprint density at radius 3 is 2.56 bits per heavy atom. The van der Waals surface area contributed by atoms with Crippen molar-refractivity contribution in [3.05, 3.63) is 24.0 Å². The van der Waals surface area contributed by atoms with Crippen LogP contribution in [0.25, 0.3) is 0 Å². The van der Waals surface area contributed by atoms with Gasteiger partial charge < -0.3 is 9.47 Å². The first-order chi connectivity index (χ1) is 7.45. The van der Waals surface area contributed by atoms with Crippen LogP contribution in [0.1, 0.15) is 0 Å². The van der Waals surface area contributed by atoms with Crippen molar-refractivity contribution >= 4 is 10.2 Å². The van der Waals surface area contributed by atoms with E-state index in [1.165, 1.54) is 7.11 Å². The Bertz CT molecular complexity index is 459. The number of ether oxygens (including phenoxy) is 2. The minimum atomic E-state index is -5.00. The molecule has 0 fully saturated rings. The predicted octanol–water partition coefficient (Wildman–Crippen LogP) is 1.51. The minimum absolute atomic E-state index is 0.0463. The van der Waals surface area contributed by atoms with Gasteiger partial charge in [0.25, 0.3) is 0 Å². The van der Waals surface area contributed by atoms with E-state index in [1.807, 2.05) is 0 Å². The molecule has 0 aliphatic heterocycles. The van der Waals surface area contributed by atoms with Gasteiger partial charge in [-0.25, -0.2) is 4.39 Å². The van der Waals surface area contributed by atoms with Gasteiger partial charge in [-0.05, 0) is 18.2 Å². The summed E-state index contributed by atoms with van der Waals surface area (Å²) in [5.41, 5.74) is 0. The molecule has 7 heteroatoms. The second-order valence-electron chi connectivity index (χ2n) is 2.87. The molecular formula is C9H10F2O4S. The number of halogens is 2. The fraction of sp³-hybridized carbons (Fsp3) is 0.333. The maximum atomic E-state index is 12.8. The van der Waals surface area contributed by atoms with Crippen molar-refractivity contribution in [1.29, 1.82) is 0 Å². The molecule has 0 saturated carbocycles. The lowest BCUT2D eigenvalue weighted by molar-refractivity contribution is 0.144. The van der Waals surface area contributed by atoms with Crippen LogP contribution < -0.4 is 4.74 Å². The highest BCUT2D eigenvalue weighted by molar-refractivity contribution is 7.86. The molecule has 0 unspecified atom stereocenters. The number of benzene rings is 1. The van der Waals surface area contributed by atoms with E-state index >= 15 is 0 Å². The number of hydrogen-bond acceptors (Lipinski definition) is 4. The van der Waals surface area contributed by atoms with Crippen molar-refractivity contribution in [3.63, 3.8) is 0 Å². The minimum Gasteiger partial charge on any atom is -0.490 e. The maximum absolute atomic E-state index is 12.8. The molecule has 0 saturated heterocycles. The van der Waals surface area contributed by atoms with E-state index in [0.29, 0.717) is 6.07 Å². The summed E-state index contributed by atoms with van der Waals surface area (Å²) in [7, 11) is -3.57. The molecule has 0 aromatic heterocycles. The fourth-order valence-corrected chi connectivity index (χ4v) is 1.65. The zero-order chi connectivity index (χ0) is 12.2. The molecule has 0 N–H and O–H groups in total. The number of rotatable bonds is 5. The number of methoxy groups -OCH3 is 1. The summed E-state index contributed by atoms with van der Waals surface area (Å²) in [5, 5.41) is 0. The molecule has 0 spiro atoms. The van der Waals surface area contributed by atoms with Crippen LogP contribution in [-0.2, 0) is 15.0 Å². The topological polar surface area (TPSA) is 52.6 Å². The summed E-state index contributed by atoms with van der Waals surface area (Å²) < 4.78 is 56.5. The Morgan fingerprint density at radius 2 is 2.00 bits per heavy atom. The van der Waals surface area contributed by atoms with E-state index in [9.17, 15) is 16.7 Å². The van der Waals surface area contributed by atoms with Crippen molar-refractivity contribution in [2.24, 2.45) is 0 Å². The van der Waals surface area contributed by atoms with Crippen molar-refractivity contribution in [2.45, 2.75) is 4.90 Å². The Labute approximate surface area is 92.0 Å². The van der Waals surface area contributed by atoms with Crippen LogP contribution in [-0.4, -0.2) is 28.7 Å². The van der Waals surface area contributed by atoms with Gasteiger partial charge in [0.2, 0.25) is 0 Å². The van der Waals surface area contributed by atoms with Gasteiger partial charge in [-0.15, -0.1) is 3.89 Å². The molecule has 1 aromatic carbocycles. The summed E-state index contributed by atoms with van der Waals surface area (Å²) in [6, 6.07) is 2.60. The van der Waals surface area contributed by atoms with Gasteiger partial charge in [-0.1, -0.05) is 0 Å². The Hall–Kier alpha value is -1.21. The van der Waals surface area contributed by atoms with Gasteiger partial charge in [0.1, 0.15) is 23.1 Å². The van der Waals surface area contributed by atoms with Crippen LogP contribution in [0.3, 0.4) is 0 Å². The first kappa shape index (κ1) is 12.9. The molecule has 4 nitrogen and oxygen atoms in total. The van der Waals surface area contributed by atoms with Crippen LogP contribution in [0.2, 0.25) is 0 Å². The van der Waals surface area contributed by atoms with Gasteiger partial charge in [-0.2, -0.15) is 8.42 Å². The third-order valence-corrected chi connectivity index (χ3v) is 2.56. The van der Waals surface area contributed by atoms with Crippen molar-refractivity contribution in [3.8, 4) is 5.75 Å². The fourth-order valence-electron chi connectivity index (χ4n) is 1.03. The van der Waals surface area contributed by atoms with Gasteiger partial charge in [0, 0.05) is 7.11 Å².